The molecule has 2 heterocycles. The molecule has 1 aromatic rings. The molecule has 1 aromatic carbocycles. The van der Waals surface area contributed by atoms with Gasteiger partial charge in [0, 0.05) is 24.5 Å². The van der Waals surface area contributed by atoms with E-state index in [1.807, 2.05) is 6.07 Å². The highest BCUT2D eigenvalue weighted by molar-refractivity contribution is 7.90. The van der Waals surface area contributed by atoms with Crippen molar-refractivity contribution in [3.8, 4) is 5.75 Å². The van der Waals surface area contributed by atoms with Gasteiger partial charge in [-0.05, 0) is 80.4 Å². The van der Waals surface area contributed by atoms with Gasteiger partial charge in [0.2, 0.25) is 10.0 Å². The molecule has 34 heavy (non-hydrogen) atoms. The minimum Gasteiger partial charge on any atom is -0.492 e. The van der Waals surface area contributed by atoms with Gasteiger partial charge in [-0.2, -0.15) is 0 Å². The van der Waals surface area contributed by atoms with Crippen molar-refractivity contribution in [2.45, 2.75) is 61.6 Å². The molecule has 2 aliphatic heterocycles. The summed E-state index contributed by atoms with van der Waals surface area (Å²) >= 11 is 6.30. The average Bonchev–Trinajstić information content (AvgIpc) is 2.83. The molecule has 186 valence electrons. The van der Waals surface area contributed by atoms with E-state index in [0.717, 1.165) is 38.1 Å². The van der Waals surface area contributed by atoms with Gasteiger partial charge in [0.05, 0.1) is 10.6 Å². The van der Waals surface area contributed by atoms with Crippen LogP contribution in [0.3, 0.4) is 0 Å². The van der Waals surface area contributed by atoms with E-state index in [2.05, 4.69) is 45.7 Å². The number of nitrogens with one attached hydrogen (secondary N) is 3. The lowest BCUT2D eigenvalue weighted by Gasteiger charge is -2.51. The topological polar surface area (TPSA) is 79.5 Å². The molecule has 1 saturated heterocycles. The van der Waals surface area contributed by atoms with Crippen LogP contribution in [0.2, 0.25) is 0 Å². The van der Waals surface area contributed by atoms with E-state index in [0.29, 0.717) is 19.6 Å². The summed E-state index contributed by atoms with van der Waals surface area (Å²) in [6.45, 7) is 2.98. The lowest BCUT2D eigenvalue weighted by molar-refractivity contribution is 0.118. The highest BCUT2D eigenvalue weighted by Crippen LogP contribution is 2.57. The maximum atomic E-state index is 12.5. The van der Waals surface area contributed by atoms with Gasteiger partial charge in [0.1, 0.15) is 12.4 Å². The average molecular weight is 506 g/mol. The lowest BCUT2D eigenvalue weighted by Crippen LogP contribution is -2.47. The SMILES string of the molecule is O=S(=O)(NCCOc1ccc2c(c1)C(C1(C3=CCC(Cl)C=C3)CCC1)NCC2)C1CCCNC1. The molecule has 0 amide bonds. The van der Waals surface area contributed by atoms with Gasteiger partial charge in [-0.3, -0.25) is 0 Å². The first-order valence-corrected chi connectivity index (χ1v) is 14.7. The number of fused-ring (bicyclic) bond motifs is 1. The molecule has 2 fully saturated rings. The van der Waals surface area contributed by atoms with Crippen molar-refractivity contribution in [3.63, 3.8) is 0 Å². The van der Waals surface area contributed by atoms with Crippen LogP contribution in [0.25, 0.3) is 0 Å². The van der Waals surface area contributed by atoms with Gasteiger partial charge in [-0.1, -0.05) is 30.7 Å². The van der Waals surface area contributed by atoms with Gasteiger partial charge in [0.15, 0.2) is 0 Å². The van der Waals surface area contributed by atoms with Gasteiger partial charge in [-0.15, -0.1) is 11.6 Å². The molecular weight excluding hydrogens is 470 g/mol. The number of alkyl halides is 1. The highest BCUT2D eigenvalue weighted by Gasteiger charge is 2.48. The van der Waals surface area contributed by atoms with E-state index in [4.69, 9.17) is 16.3 Å². The summed E-state index contributed by atoms with van der Waals surface area (Å²) in [5.41, 5.74) is 4.23. The van der Waals surface area contributed by atoms with E-state index >= 15 is 0 Å². The lowest BCUT2D eigenvalue weighted by atomic mass is 9.57. The van der Waals surface area contributed by atoms with Crippen LogP contribution < -0.4 is 20.1 Å². The van der Waals surface area contributed by atoms with Gasteiger partial charge < -0.3 is 15.4 Å². The number of hydrogen-bond donors (Lipinski definition) is 3. The van der Waals surface area contributed by atoms with Crippen LogP contribution in [0.1, 0.15) is 55.7 Å². The van der Waals surface area contributed by atoms with Crippen LogP contribution in [0, 0.1) is 5.41 Å². The molecular formula is C26H36ClN3O3S. The molecule has 1 saturated carbocycles. The Morgan fingerprint density at radius 2 is 2.09 bits per heavy atom. The minimum absolute atomic E-state index is 0.0966. The number of benzene rings is 1. The molecule has 0 spiro atoms. The van der Waals surface area contributed by atoms with E-state index in [1.165, 1.54) is 36.0 Å². The zero-order valence-corrected chi connectivity index (χ0v) is 21.3. The number of piperidine rings is 1. The standard InChI is InChI=1S/C26H36ClN3O3S/c27-21-7-5-20(6-8-21)26(11-2-12-26)25-24-17-22(9-4-19(24)10-14-29-25)33-16-15-30-34(31,32)23-3-1-13-28-18-23/h4-7,9,17,21,23,25,28-30H,1-3,8,10-16,18H2. The zero-order valence-electron chi connectivity index (χ0n) is 19.7. The summed E-state index contributed by atoms with van der Waals surface area (Å²) in [5.74, 6) is 0.800. The van der Waals surface area contributed by atoms with Crippen molar-refractivity contribution >= 4 is 21.6 Å². The number of ether oxygens (including phenoxy) is 1. The first-order valence-electron chi connectivity index (χ1n) is 12.7. The van der Waals surface area contributed by atoms with Gasteiger partial charge >= 0.3 is 0 Å². The second-order valence-electron chi connectivity index (χ2n) is 10.0. The molecule has 3 N–H and O–H groups in total. The Balaban J connectivity index is 1.25. The summed E-state index contributed by atoms with van der Waals surface area (Å²) < 4.78 is 33.8. The Morgan fingerprint density at radius 1 is 1.21 bits per heavy atom. The Kier molecular flexibility index (Phi) is 7.38. The Morgan fingerprint density at radius 3 is 2.79 bits per heavy atom. The Labute approximate surface area is 208 Å². The van der Waals surface area contributed by atoms with E-state index in [1.54, 1.807) is 0 Å². The van der Waals surface area contributed by atoms with Gasteiger partial charge in [-0.25, -0.2) is 13.1 Å². The van der Waals surface area contributed by atoms with Crippen molar-refractivity contribution in [2.24, 2.45) is 5.41 Å². The summed E-state index contributed by atoms with van der Waals surface area (Å²) in [6.07, 6.45) is 13.8. The summed E-state index contributed by atoms with van der Waals surface area (Å²) in [4.78, 5) is 0. The summed E-state index contributed by atoms with van der Waals surface area (Å²) in [6, 6.07) is 6.63. The molecule has 6 nitrogen and oxygen atoms in total. The number of sulfonamides is 1. The summed E-state index contributed by atoms with van der Waals surface area (Å²) in [5, 5.41) is 6.73. The molecule has 3 unspecified atom stereocenters. The van der Waals surface area contributed by atoms with Crippen molar-refractivity contribution in [1.82, 2.24) is 15.4 Å². The van der Waals surface area contributed by atoms with Crippen LogP contribution in [0.4, 0.5) is 0 Å². The third-order valence-electron chi connectivity index (χ3n) is 7.96. The van der Waals surface area contributed by atoms with E-state index < -0.39 is 10.0 Å². The molecule has 5 rings (SSSR count). The first kappa shape index (κ1) is 24.3. The fraction of sp³-hybridized carbons (Fsp3) is 0.615. The third kappa shape index (κ3) is 4.96. The maximum absolute atomic E-state index is 12.5. The molecule has 0 aromatic heterocycles. The van der Waals surface area contributed by atoms with E-state index in [9.17, 15) is 8.42 Å². The molecule has 4 aliphatic rings. The predicted molar refractivity (Wildman–Crippen MR) is 137 cm³/mol. The molecule has 3 atom stereocenters. The first-order chi connectivity index (χ1) is 16.5. The number of allylic oxidation sites excluding steroid dienone is 3. The van der Waals surface area contributed by atoms with Crippen molar-refractivity contribution < 1.29 is 13.2 Å². The fourth-order valence-corrected chi connectivity index (χ4v) is 7.51. The largest absolute Gasteiger partial charge is 0.492 e. The zero-order chi connectivity index (χ0) is 23.6. The highest BCUT2D eigenvalue weighted by atomic mass is 35.5. The molecule has 2 aliphatic carbocycles. The van der Waals surface area contributed by atoms with Crippen LogP contribution in [-0.2, 0) is 16.4 Å². The van der Waals surface area contributed by atoms with Crippen LogP contribution in [0.5, 0.6) is 5.75 Å². The van der Waals surface area contributed by atoms with Crippen LogP contribution in [-0.4, -0.2) is 51.8 Å². The third-order valence-corrected chi connectivity index (χ3v) is 10.2. The number of rotatable bonds is 8. The molecule has 0 radical (unpaired) electrons. The predicted octanol–water partition coefficient (Wildman–Crippen LogP) is 3.59. The maximum Gasteiger partial charge on any atom is 0.215 e. The van der Waals surface area contributed by atoms with Crippen LogP contribution in [0.15, 0.2) is 42.0 Å². The second kappa shape index (κ2) is 10.3. The Hall–Kier alpha value is -1.38. The minimum atomic E-state index is -3.32. The smallest absolute Gasteiger partial charge is 0.215 e. The Bertz CT molecular complexity index is 1050. The van der Waals surface area contributed by atoms with Crippen molar-refractivity contribution in [2.75, 3.05) is 32.8 Å². The quantitative estimate of drug-likeness (QED) is 0.371. The monoisotopic (exact) mass is 505 g/mol. The van der Waals surface area contributed by atoms with Crippen molar-refractivity contribution in [1.29, 1.82) is 0 Å². The molecule has 0 bridgehead atoms. The molecule has 8 heteroatoms. The normalized spacial score (nSPS) is 28.5. The van der Waals surface area contributed by atoms with Crippen molar-refractivity contribution in [3.05, 3.63) is 53.1 Å². The van der Waals surface area contributed by atoms with Crippen LogP contribution >= 0.6 is 11.6 Å². The fourth-order valence-electron chi connectivity index (χ4n) is 5.93. The van der Waals surface area contributed by atoms with Gasteiger partial charge in [0.25, 0.3) is 0 Å². The number of hydrogen-bond acceptors (Lipinski definition) is 5. The summed E-state index contributed by atoms with van der Waals surface area (Å²) in [7, 11) is -3.32. The second-order valence-corrected chi connectivity index (χ2v) is 12.6. The van der Waals surface area contributed by atoms with E-state index in [-0.39, 0.29) is 28.6 Å². The number of halogens is 1.